The molecule has 0 saturated carbocycles. The number of aromatic nitrogens is 6. The number of aliphatic hydroxyl groups is 3. The molecule has 0 aliphatic heterocycles. The second-order valence-corrected chi connectivity index (χ2v) is 15.2. The van der Waals surface area contributed by atoms with Crippen molar-refractivity contribution in [1.82, 2.24) is 33.3 Å². The zero-order chi connectivity index (χ0) is 46.2. The Bertz CT molecular complexity index is 2350. The quantitative estimate of drug-likeness (QED) is 0.0739. The second-order valence-electron chi connectivity index (χ2n) is 13.8. The lowest BCUT2D eigenvalue weighted by atomic mass is 10.2. The fourth-order valence-electron chi connectivity index (χ4n) is 4.63. The van der Waals surface area contributed by atoms with Crippen LogP contribution in [0.2, 0.25) is 0 Å². The van der Waals surface area contributed by atoms with Gasteiger partial charge in [-0.2, -0.15) is 5.26 Å². The van der Waals surface area contributed by atoms with E-state index in [1.54, 1.807) is 7.05 Å². The van der Waals surface area contributed by atoms with Gasteiger partial charge in [0, 0.05) is 71.1 Å². The van der Waals surface area contributed by atoms with Gasteiger partial charge in [0.1, 0.15) is 16.7 Å². The van der Waals surface area contributed by atoms with Crippen molar-refractivity contribution in [3.63, 3.8) is 0 Å². The zero-order valence-corrected chi connectivity index (χ0v) is 37.0. The van der Waals surface area contributed by atoms with Gasteiger partial charge < -0.3 is 38.1 Å². The molecule has 0 saturated heterocycles. The van der Waals surface area contributed by atoms with Gasteiger partial charge in [0.2, 0.25) is 0 Å². The molecule has 19 nitrogen and oxygen atoms in total. The molecule has 0 aliphatic carbocycles. The summed E-state index contributed by atoms with van der Waals surface area (Å²) in [5.74, 6) is 16.2. The van der Waals surface area contributed by atoms with Crippen LogP contribution in [-0.2, 0) is 30.2 Å². The first-order valence-corrected chi connectivity index (χ1v) is 20.5. The fraction of sp³-hybridized carbons (Fsp3) is 0.537. The van der Waals surface area contributed by atoms with E-state index in [4.69, 9.17) is 24.5 Å². The third-order valence-electron chi connectivity index (χ3n) is 8.04. The monoisotopic (exact) mass is 868 g/mol. The summed E-state index contributed by atoms with van der Waals surface area (Å²) in [7, 11) is 3.23. The highest BCUT2D eigenvalue weighted by atomic mass is 31.2. The van der Waals surface area contributed by atoms with Crippen molar-refractivity contribution in [2.45, 2.75) is 110 Å². The van der Waals surface area contributed by atoms with Crippen LogP contribution in [0, 0.1) is 46.9 Å². The highest BCUT2D eigenvalue weighted by Crippen LogP contribution is 2.47. The summed E-state index contributed by atoms with van der Waals surface area (Å²) in [4.78, 5) is 74.3. The molecule has 332 valence electrons. The Morgan fingerprint density at radius 1 is 0.689 bits per heavy atom. The van der Waals surface area contributed by atoms with Crippen LogP contribution in [0.1, 0.15) is 96.8 Å². The van der Waals surface area contributed by atoms with Crippen molar-refractivity contribution in [3.05, 3.63) is 97.8 Å². The molecule has 0 fully saturated rings. The van der Waals surface area contributed by atoms with Crippen molar-refractivity contribution >= 4 is 8.53 Å². The Morgan fingerprint density at radius 2 is 1.08 bits per heavy atom. The van der Waals surface area contributed by atoms with E-state index in [0.717, 1.165) is 6.42 Å². The van der Waals surface area contributed by atoms with Crippen LogP contribution >= 0.6 is 8.53 Å². The molecule has 0 aromatic carbocycles. The van der Waals surface area contributed by atoms with Crippen molar-refractivity contribution in [2.75, 3.05) is 13.2 Å². The van der Waals surface area contributed by atoms with Crippen molar-refractivity contribution in [3.8, 4) is 41.6 Å². The smallest absolute Gasteiger partial charge is 0.328 e. The summed E-state index contributed by atoms with van der Waals surface area (Å²) < 4.78 is 18.1. The van der Waals surface area contributed by atoms with E-state index in [9.17, 15) is 33.9 Å². The SMILES string of the molecule is CC[C@@H](O)CC#Cc1cn(C)c(=O)[nH]c1=O.CC[C@H](CC#Cc1cn(C)c(=O)[nH]c1=O)OP(OCCC#N)N(C(C)C)C(C)C.Cn1cc(C#CC[C@H](O)CO)c(=O)[nH]c1=O. The maximum Gasteiger partial charge on any atom is 0.328 e. The molecule has 3 heterocycles. The molecule has 0 radical (unpaired) electrons. The van der Waals surface area contributed by atoms with E-state index in [1.807, 2.05) is 13.8 Å². The maximum absolute atomic E-state index is 11.8. The predicted molar refractivity (Wildman–Crippen MR) is 231 cm³/mol. The molecule has 3 aromatic rings. The topological polar surface area (TPSA) is 271 Å². The van der Waals surface area contributed by atoms with Crippen LogP contribution in [0.25, 0.3) is 0 Å². The van der Waals surface area contributed by atoms with Crippen LogP contribution in [0.5, 0.6) is 0 Å². The molecule has 0 amide bonds. The summed E-state index contributed by atoms with van der Waals surface area (Å²) in [5, 5.41) is 35.6. The molecule has 1 unspecified atom stereocenters. The highest BCUT2D eigenvalue weighted by Gasteiger charge is 2.29. The molecule has 61 heavy (non-hydrogen) atoms. The minimum atomic E-state index is -1.35. The molecule has 4 atom stereocenters. The van der Waals surface area contributed by atoms with E-state index in [1.165, 1.54) is 46.4 Å². The van der Waals surface area contributed by atoms with E-state index in [-0.39, 0.29) is 47.9 Å². The van der Waals surface area contributed by atoms with E-state index >= 15 is 0 Å². The number of nitrogens with one attached hydrogen (secondary N) is 3. The molecule has 0 spiro atoms. The molecule has 0 bridgehead atoms. The van der Waals surface area contributed by atoms with Crippen molar-refractivity contribution < 1.29 is 24.4 Å². The lowest BCUT2D eigenvalue weighted by Gasteiger charge is -2.37. The lowest BCUT2D eigenvalue weighted by molar-refractivity contribution is 0.0992. The first kappa shape index (κ1) is 53.4. The number of rotatable bonds is 14. The van der Waals surface area contributed by atoms with Gasteiger partial charge >= 0.3 is 17.1 Å². The Labute approximate surface area is 355 Å². The highest BCUT2D eigenvalue weighted by molar-refractivity contribution is 7.44. The number of aliphatic hydroxyl groups excluding tert-OH is 3. The van der Waals surface area contributed by atoms with Crippen LogP contribution in [-0.4, -0.2) is 92.3 Å². The summed E-state index contributed by atoms with van der Waals surface area (Å²) in [6.45, 7) is 12.1. The van der Waals surface area contributed by atoms with Gasteiger partial charge in [0.05, 0.1) is 44.0 Å². The van der Waals surface area contributed by atoms with Gasteiger partial charge in [-0.15, -0.1) is 0 Å². The van der Waals surface area contributed by atoms with Gasteiger partial charge in [-0.1, -0.05) is 49.4 Å². The molecule has 3 aromatic heterocycles. The minimum Gasteiger partial charge on any atom is -0.394 e. The van der Waals surface area contributed by atoms with Gasteiger partial charge in [0.25, 0.3) is 25.2 Å². The zero-order valence-electron chi connectivity index (χ0n) is 36.1. The number of aromatic amines is 3. The predicted octanol–water partition coefficient (Wildman–Crippen LogP) is 0.641. The average Bonchev–Trinajstić information content (AvgIpc) is 3.20. The summed E-state index contributed by atoms with van der Waals surface area (Å²) >= 11 is 0. The Morgan fingerprint density at radius 3 is 1.43 bits per heavy atom. The third-order valence-corrected chi connectivity index (χ3v) is 10.2. The number of hydrogen-bond acceptors (Lipinski definition) is 13. The van der Waals surface area contributed by atoms with Crippen LogP contribution in [0.4, 0.5) is 0 Å². The van der Waals surface area contributed by atoms with Crippen LogP contribution in [0.3, 0.4) is 0 Å². The van der Waals surface area contributed by atoms with E-state index in [0.29, 0.717) is 32.3 Å². The minimum absolute atomic E-state index is 0.0682. The Kier molecular flexibility index (Phi) is 24.5. The molecular formula is C41H57N8O11P. The van der Waals surface area contributed by atoms with Gasteiger partial charge in [-0.05, 0) is 40.5 Å². The largest absolute Gasteiger partial charge is 0.394 e. The van der Waals surface area contributed by atoms with Gasteiger partial charge in [-0.25, -0.2) is 19.1 Å². The molecular weight excluding hydrogens is 811 g/mol. The maximum atomic E-state index is 11.8. The first-order chi connectivity index (χ1) is 28.8. The number of nitrogens with zero attached hydrogens (tertiary/aromatic N) is 5. The number of H-pyrrole nitrogens is 3. The number of hydrogen-bond donors (Lipinski definition) is 6. The van der Waals surface area contributed by atoms with Crippen molar-refractivity contribution in [2.24, 2.45) is 21.1 Å². The molecule has 20 heteroatoms. The summed E-state index contributed by atoms with van der Waals surface area (Å²) in [6, 6.07) is 2.52. The lowest BCUT2D eigenvalue weighted by Crippen LogP contribution is -2.34. The van der Waals surface area contributed by atoms with Gasteiger partial charge in [0.15, 0.2) is 0 Å². The van der Waals surface area contributed by atoms with Crippen LogP contribution < -0.4 is 33.7 Å². The van der Waals surface area contributed by atoms with Crippen LogP contribution in [0.15, 0.2) is 47.4 Å². The normalized spacial score (nSPS) is 12.4. The Balaban J connectivity index is 0.000000493. The van der Waals surface area contributed by atoms with E-state index < -0.39 is 54.5 Å². The molecule has 0 aliphatic rings. The fourth-order valence-corrected chi connectivity index (χ4v) is 6.42. The molecule has 6 N–H and O–H groups in total. The molecule has 3 rings (SSSR count). The number of aryl methyl sites for hydroxylation is 3. The summed E-state index contributed by atoms with van der Waals surface area (Å²) in [5.41, 5.74) is -2.40. The van der Waals surface area contributed by atoms with E-state index in [2.05, 4.69) is 88.9 Å². The standard InChI is InChI=1S/C20H31N4O4P.C11H14N2O3.C10H12N2O4/c1-7-18(11-8-10-17-14-23(6)20(26)22-19(17)25)28-29(27-13-9-12-21)24(15(2)3)16(4)5;1-3-9(14)6-4-5-8-7-13(2)11(16)12-10(8)15;1-12-5-7(9(15)11-10(12)16)3-2-4-8(14)6-13/h14-16,18H,7,9,11,13H2,1-6H3,(H,22,25,26);7,9,14H,3,6H2,1-2H3,(H,12,15,16);5,8,13-14H,4,6H2,1H3,(H,11,15,16)/t18-,29?;9-;8-/m110/s1. The summed E-state index contributed by atoms with van der Waals surface area (Å²) in [6.07, 6.45) is 5.01. The average molecular weight is 869 g/mol. The van der Waals surface area contributed by atoms with Gasteiger partial charge in [-0.3, -0.25) is 29.3 Å². The third kappa shape index (κ3) is 19.6. The first-order valence-electron chi connectivity index (χ1n) is 19.4. The second kappa shape index (κ2) is 28.0. The van der Waals surface area contributed by atoms with Crippen molar-refractivity contribution in [1.29, 1.82) is 5.26 Å². The number of nitriles is 1. The Hall–Kier alpha value is -5.60.